The zero-order chi connectivity index (χ0) is 10.8. The second-order valence-electron chi connectivity index (χ2n) is 3.14. The summed E-state index contributed by atoms with van der Waals surface area (Å²) in [5.41, 5.74) is 0.665. The lowest BCUT2D eigenvalue weighted by atomic mass is 10.0. The maximum Gasteiger partial charge on any atom is 0.150 e. The second-order valence-corrected chi connectivity index (χ2v) is 4.00. The van der Waals surface area contributed by atoms with Gasteiger partial charge in [0.05, 0.1) is 11.6 Å². The van der Waals surface area contributed by atoms with Crippen LogP contribution in [0.3, 0.4) is 0 Å². The van der Waals surface area contributed by atoms with Crippen LogP contribution in [0, 0.1) is 0 Å². The molecule has 0 radical (unpaired) electrons. The van der Waals surface area contributed by atoms with E-state index in [1.54, 1.807) is 13.2 Å². The number of hydrogen-bond acceptors (Lipinski definition) is 2. The summed E-state index contributed by atoms with van der Waals surface area (Å²) in [6, 6.07) is 9.45. The first-order valence-corrected chi connectivity index (χ1v) is 5.27. The molecule has 0 atom stereocenters. The van der Waals surface area contributed by atoms with Crippen LogP contribution in [0.5, 0.6) is 5.75 Å². The molecule has 15 heavy (non-hydrogen) atoms. The molecule has 76 valence electrons. The Morgan fingerprint density at radius 1 is 1.27 bits per heavy atom. The fraction of sp³-hybridized carbons (Fsp3) is 0.0833. The number of rotatable bonds is 2. The minimum Gasteiger partial charge on any atom is -0.495 e. The number of benzene rings is 2. The smallest absolute Gasteiger partial charge is 0.150 e. The van der Waals surface area contributed by atoms with Gasteiger partial charge in [-0.05, 0) is 27.4 Å². The van der Waals surface area contributed by atoms with Crippen molar-refractivity contribution in [2.24, 2.45) is 0 Å². The average Bonchev–Trinajstić information content (AvgIpc) is 2.28. The van der Waals surface area contributed by atoms with E-state index < -0.39 is 0 Å². The number of fused-ring (bicyclic) bond motifs is 1. The summed E-state index contributed by atoms with van der Waals surface area (Å²) in [6.45, 7) is 0. The van der Waals surface area contributed by atoms with E-state index in [-0.39, 0.29) is 0 Å². The van der Waals surface area contributed by atoms with Gasteiger partial charge in [-0.2, -0.15) is 0 Å². The van der Waals surface area contributed by atoms with Crippen LogP contribution < -0.4 is 4.74 Å². The summed E-state index contributed by atoms with van der Waals surface area (Å²) in [4.78, 5) is 10.9. The topological polar surface area (TPSA) is 26.3 Å². The van der Waals surface area contributed by atoms with Gasteiger partial charge in [-0.1, -0.05) is 24.3 Å². The van der Waals surface area contributed by atoms with E-state index in [4.69, 9.17) is 4.74 Å². The molecule has 0 aromatic heterocycles. The zero-order valence-corrected chi connectivity index (χ0v) is 9.74. The van der Waals surface area contributed by atoms with Crippen LogP contribution in [0.4, 0.5) is 0 Å². The molecule has 0 saturated carbocycles. The number of aldehydes is 1. The predicted molar refractivity (Wildman–Crippen MR) is 63.6 cm³/mol. The molecule has 0 aliphatic carbocycles. The van der Waals surface area contributed by atoms with Crippen molar-refractivity contribution in [3.8, 4) is 5.75 Å². The van der Waals surface area contributed by atoms with E-state index in [1.165, 1.54) is 0 Å². The SMILES string of the molecule is COc1c(Br)cc(C=O)c2ccccc12. The summed E-state index contributed by atoms with van der Waals surface area (Å²) in [5, 5.41) is 1.85. The highest BCUT2D eigenvalue weighted by molar-refractivity contribution is 9.10. The van der Waals surface area contributed by atoms with Crippen molar-refractivity contribution < 1.29 is 9.53 Å². The maximum atomic E-state index is 10.9. The van der Waals surface area contributed by atoms with E-state index >= 15 is 0 Å². The van der Waals surface area contributed by atoms with Crippen molar-refractivity contribution in [1.82, 2.24) is 0 Å². The Morgan fingerprint density at radius 2 is 1.93 bits per heavy atom. The van der Waals surface area contributed by atoms with Crippen molar-refractivity contribution in [2.75, 3.05) is 7.11 Å². The third-order valence-electron chi connectivity index (χ3n) is 2.31. The van der Waals surface area contributed by atoms with Crippen LogP contribution in [0.15, 0.2) is 34.8 Å². The van der Waals surface area contributed by atoms with Gasteiger partial charge in [0, 0.05) is 10.9 Å². The highest BCUT2D eigenvalue weighted by Gasteiger charge is 2.09. The van der Waals surface area contributed by atoms with Gasteiger partial charge in [0.25, 0.3) is 0 Å². The fourth-order valence-electron chi connectivity index (χ4n) is 1.65. The van der Waals surface area contributed by atoms with Gasteiger partial charge in [-0.25, -0.2) is 0 Å². The number of hydrogen-bond donors (Lipinski definition) is 0. The Kier molecular flexibility index (Phi) is 2.73. The molecule has 0 saturated heterocycles. The van der Waals surface area contributed by atoms with E-state index in [0.717, 1.165) is 27.3 Å². The molecule has 0 spiro atoms. The van der Waals surface area contributed by atoms with Crippen molar-refractivity contribution in [3.05, 3.63) is 40.4 Å². The Morgan fingerprint density at radius 3 is 2.53 bits per heavy atom. The molecule has 0 unspecified atom stereocenters. The van der Waals surface area contributed by atoms with Crippen LogP contribution in [-0.2, 0) is 0 Å². The molecule has 0 fully saturated rings. The number of carbonyl (C=O) groups excluding carboxylic acids is 1. The first-order chi connectivity index (χ1) is 7.27. The summed E-state index contributed by atoms with van der Waals surface area (Å²) in [5.74, 6) is 0.760. The highest BCUT2D eigenvalue weighted by Crippen LogP contribution is 2.35. The minimum absolute atomic E-state index is 0.665. The molecule has 0 N–H and O–H groups in total. The number of halogens is 1. The molecule has 3 heteroatoms. The molecular formula is C12H9BrO2. The molecule has 0 amide bonds. The predicted octanol–water partition coefficient (Wildman–Crippen LogP) is 3.42. The van der Waals surface area contributed by atoms with Crippen LogP contribution in [0.25, 0.3) is 10.8 Å². The molecule has 0 heterocycles. The van der Waals surface area contributed by atoms with E-state index in [2.05, 4.69) is 15.9 Å². The Bertz CT molecular complexity index is 520. The number of ether oxygens (including phenoxy) is 1. The van der Waals surface area contributed by atoms with Gasteiger partial charge in [-0.3, -0.25) is 4.79 Å². The fourth-order valence-corrected chi connectivity index (χ4v) is 2.27. The van der Waals surface area contributed by atoms with Crippen LogP contribution in [0.2, 0.25) is 0 Å². The van der Waals surface area contributed by atoms with Crippen molar-refractivity contribution in [2.45, 2.75) is 0 Å². The lowest BCUT2D eigenvalue weighted by molar-refractivity contribution is 0.112. The average molecular weight is 265 g/mol. The molecule has 0 aliphatic rings. The van der Waals surface area contributed by atoms with Gasteiger partial charge in [0.2, 0.25) is 0 Å². The van der Waals surface area contributed by atoms with Crippen molar-refractivity contribution in [3.63, 3.8) is 0 Å². The molecule has 0 aliphatic heterocycles. The lowest BCUT2D eigenvalue weighted by Gasteiger charge is -2.09. The molecule has 0 bridgehead atoms. The Balaban J connectivity index is 2.92. The summed E-state index contributed by atoms with van der Waals surface area (Å²) < 4.78 is 6.09. The highest BCUT2D eigenvalue weighted by atomic mass is 79.9. The van der Waals surface area contributed by atoms with Crippen LogP contribution >= 0.6 is 15.9 Å². The van der Waals surface area contributed by atoms with Gasteiger partial charge < -0.3 is 4.74 Å². The quantitative estimate of drug-likeness (QED) is 0.777. The maximum absolute atomic E-state index is 10.9. The van der Waals surface area contributed by atoms with Crippen LogP contribution in [-0.4, -0.2) is 13.4 Å². The van der Waals surface area contributed by atoms with Gasteiger partial charge >= 0.3 is 0 Å². The zero-order valence-electron chi connectivity index (χ0n) is 8.16. The Hall–Kier alpha value is -1.35. The monoisotopic (exact) mass is 264 g/mol. The minimum atomic E-state index is 0.665. The number of carbonyl (C=O) groups is 1. The van der Waals surface area contributed by atoms with Crippen molar-refractivity contribution in [1.29, 1.82) is 0 Å². The second kappa shape index (κ2) is 4.03. The first-order valence-electron chi connectivity index (χ1n) is 4.48. The Labute approximate surface area is 96.0 Å². The third-order valence-corrected chi connectivity index (χ3v) is 2.90. The number of methoxy groups -OCH3 is 1. The molecule has 2 aromatic carbocycles. The molecule has 2 nitrogen and oxygen atoms in total. The third kappa shape index (κ3) is 1.63. The van der Waals surface area contributed by atoms with E-state index in [0.29, 0.717) is 5.56 Å². The van der Waals surface area contributed by atoms with Crippen LogP contribution in [0.1, 0.15) is 10.4 Å². The van der Waals surface area contributed by atoms with Gasteiger partial charge in [0.1, 0.15) is 5.75 Å². The van der Waals surface area contributed by atoms with E-state index in [1.807, 2.05) is 24.3 Å². The summed E-state index contributed by atoms with van der Waals surface area (Å²) in [6.07, 6.45) is 0.854. The molecular weight excluding hydrogens is 256 g/mol. The summed E-state index contributed by atoms with van der Waals surface area (Å²) >= 11 is 3.39. The first kappa shape index (κ1) is 10.2. The molecule has 2 aromatic rings. The summed E-state index contributed by atoms with van der Waals surface area (Å²) in [7, 11) is 1.62. The standard InChI is InChI=1S/C12H9BrO2/c1-15-12-10-5-3-2-4-9(10)8(7-14)6-11(12)13/h2-7H,1H3. The van der Waals surface area contributed by atoms with Crippen molar-refractivity contribution >= 4 is 33.0 Å². The van der Waals surface area contributed by atoms with E-state index in [9.17, 15) is 4.79 Å². The largest absolute Gasteiger partial charge is 0.495 e. The van der Waals surface area contributed by atoms with Gasteiger partial charge in [0.15, 0.2) is 6.29 Å². The molecule has 2 rings (SSSR count). The lowest BCUT2D eigenvalue weighted by Crippen LogP contribution is -1.90. The van der Waals surface area contributed by atoms with Gasteiger partial charge in [-0.15, -0.1) is 0 Å². The normalized spacial score (nSPS) is 10.3.